The molecule has 148 valence electrons. The Bertz CT molecular complexity index is 968. The zero-order valence-corrected chi connectivity index (χ0v) is 17.6. The lowest BCUT2D eigenvalue weighted by atomic mass is 10.1. The SMILES string of the molecule is CC(=O)NC(C)Cn1c(-c2cccc(Cl)c2)cc2cc(OCCCCl)ccc21. The Balaban J connectivity index is 2.02. The average molecular weight is 419 g/mol. The smallest absolute Gasteiger partial charge is 0.217 e. The third kappa shape index (κ3) is 5.00. The second-order valence-electron chi connectivity index (χ2n) is 6.86. The molecule has 0 saturated heterocycles. The van der Waals surface area contributed by atoms with E-state index in [2.05, 4.69) is 22.0 Å². The van der Waals surface area contributed by atoms with Crippen LogP contribution in [0.5, 0.6) is 5.75 Å². The van der Waals surface area contributed by atoms with Gasteiger partial charge in [0.2, 0.25) is 5.91 Å². The minimum atomic E-state index is -0.0387. The summed E-state index contributed by atoms with van der Waals surface area (Å²) in [4.78, 5) is 11.5. The van der Waals surface area contributed by atoms with Gasteiger partial charge < -0.3 is 14.6 Å². The van der Waals surface area contributed by atoms with Crippen molar-refractivity contribution in [2.75, 3.05) is 12.5 Å². The molecule has 4 nitrogen and oxygen atoms in total. The van der Waals surface area contributed by atoms with Gasteiger partial charge in [-0.2, -0.15) is 0 Å². The molecule has 0 radical (unpaired) electrons. The van der Waals surface area contributed by atoms with E-state index in [9.17, 15) is 4.79 Å². The van der Waals surface area contributed by atoms with Gasteiger partial charge in [0, 0.05) is 47.0 Å². The first-order valence-corrected chi connectivity index (χ1v) is 10.2. The number of aromatic nitrogens is 1. The van der Waals surface area contributed by atoms with E-state index in [-0.39, 0.29) is 11.9 Å². The highest BCUT2D eigenvalue weighted by molar-refractivity contribution is 6.30. The lowest BCUT2D eigenvalue weighted by Gasteiger charge is -2.17. The van der Waals surface area contributed by atoms with Crippen LogP contribution in [0.3, 0.4) is 0 Å². The Morgan fingerprint density at radius 1 is 1.21 bits per heavy atom. The van der Waals surface area contributed by atoms with Gasteiger partial charge in [-0.3, -0.25) is 4.79 Å². The van der Waals surface area contributed by atoms with Crippen LogP contribution in [0.15, 0.2) is 48.5 Å². The largest absolute Gasteiger partial charge is 0.494 e. The monoisotopic (exact) mass is 418 g/mol. The number of carbonyl (C=O) groups is 1. The molecule has 0 spiro atoms. The molecule has 3 aromatic rings. The predicted octanol–water partition coefficient (Wildman–Crippen LogP) is 5.49. The van der Waals surface area contributed by atoms with Crippen molar-refractivity contribution in [3.8, 4) is 17.0 Å². The van der Waals surface area contributed by atoms with E-state index in [4.69, 9.17) is 27.9 Å². The third-order valence-corrected chi connectivity index (χ3v) is 4.95. The first-order valence-electron chi connectivity index (χ1n) is 9.33. The molecule has 28 heavy (non-hydrogen) atoms. The molecular formula is C22H24Cl2N2O2. The molecule has 0 fully saturated rings. The maximum absolute atomic E-state index is 11.5. The summed E-state index contributed by atoms with van der Waals surface area (Å²) in [6, 6.07) is 16.0. The second-order valence-corrected chi connectivity index (χ2v) is 7.68. The molecule has 2 aromatic carbocycles. The number of benzene rings is 2. The third-order valence-electron chi connectivity index (χ3n) is 4.45. The summed E-state index contributed by atoms with van der Waals surface area (Å²) in [5.41, 5.74) is 3.16. The lowest BCUT2D eigenvalue weighted by Crippen LogP contribution is -2.34. The van der Waals surface area contributed by atoms with Gasteiger partial charge in [0.05, 0.1) is 6.61 Å². The molecule has 1 unspecified atom stereocenters. The number of nitrogens with zero attached hydrogens (tertiary/aromatic N) is 1. The van der Waals surface area contributed by atoms with Crippen LogP contribution < -0.4 is 10.1 Å². The molecule has 0 bridgehead atoms. The minimum absolute atomic E-state index is 0.00863. The number of ether oxygens (including phenoxy) is 1. The van der Waals surface area contributed by atoms with E-state index >= 15 is 0 Å². The summed E-state index contributed by atoms with van der Waals surface area (Å²) in [5, 5.41) is 4.72. The Kier molecular flexibility index (Phi) is 6.87. The fourth-order valence-electron chi connectivity index (χ4n) is 3.33. The highest BCUT2D eigenvalue weighted by Gasteiger charge is 2.15. The summed E-state index contributed by atoms with van der Waals surface area (Å²) in [7, 11) is 0. The zero-order valence-electron chi connectivity index (χ0n) is 16.0. The number of amides is 1. The summed E-state index contributed by atoms with van der Waals surface area (Å²) in [6.45, 7) is 4.78. The first-order chi connectivity index (χ1) is 13.5. The predicted molar refractivity (Wildman–Crippen MR) is 116 cm³/mol. The van der Waals surface area contributed by atoms with Gasteiger partial charge in [0.15, 0.2) is 0 Å². The quantitative estimate of drug-likeness (QED) is 0.387. The fourth-order valence-corrected chi connectivity index (χ4v) is 3.63. The molecule has 0 aliphatic carbocycles. The lowest BCUT2D eigenvalue weighted by molar-refractivity contribution is -0.119. The van der Waals surface area contributed by atoms with E-state index in [0.29, 0.717) is 24.1 Å². The summed E-state index contributed by atoms with van der Waals surface area (Å²) < 4.78 is 8.00. The maximum Gasteiger partial charge on any atom is 0.217 e. The van der Waals surface area contributed by atoms with Crippen LogP contribution >= 0.6 is 23.2 Å². The highest BCUT2D eigenvalue weighted by atomic mass is 35.5. The number of alkyl halides is 1. The van der Waals surface area contributed by atoms with Gasteiger partial charge in [-0.15, -0.1) is 11.6 Å². The van der Waals surface area contributed by atoms with Gasteiger partial charge in [0.25, 0.3) is 0 Å². The molecule has 0 aliphatic heterocycles. The minimum Gasteiger partial charge on any atom is -0.494 e. The number of hydrogen-bond donors (Lipinski definition) is 1. The van der Waals surface area contributed by atoms with Gasteiger partial charge in [0.1, 0.15) is 5.75 Å². The number of halogens is 2. The van der Waals surface area contributed by atoms with Crippen molar-refractivity contribution < 1.29 is 9.53 Å². The van der Waals surface area contributed by atoms with Crippen molar-refractivity contribution in [1.29, 1.82) is 0 Å². The normalized spacial score (nSPS) is 12.1. The second kappa shape index (κ2) is 9.35. The first kappa shape index (κ1) is 20.6. The van der Waals surface area contributed by atoms with E-state index in [1.54, 1.807) is 0 Å². The fraction of sp³-hybridized carbons (Fsp3) is 0.318. The van der Waals surface area contributed by atoms with Crippen LogP contribution in [0.4, 0.5) is 0 Å². The number of rotatable bonds is 8. The average Bonchev–Trinajstić information content (AvgIpc) is 2.99. The molecule has 1 aromatic heterocycles. The van der Waals surface area contributed by atoms with E-state index in [0.717, 1.165) is 34.3 Å². The van der Waals surface area contributed by atoms with Crippen molar-refractivity contribution in [1.82, 2.24) is 9.88 Å². The number of carbonyl (C=O) groups excluding carboxylic acids is 1. The molecule has 3 rings (SSSR count). The number of fused-ring (bicyclic) bond motifs is 1. The van der Waals surface area contributed by atoms with E-state index in [1.165, 1.54) is 6.92 Å². The Morgan fingerprint density at radius 3 is 2.75 bits per heavy atom. The molecule has 1 amide bonds. The Morgan fingerprint density at radius 2 is 2.04 bits per heavy atom. The number of hydrogen-bond acceptors (Lipinski definition) is 2. The van der Waals surface area contributed by atoms with Gasteiger partial charge in [-0.25, -0.2) is 0 Å². The van der Waals surface area contributed by atoms with Crippen molar-refractivity contribution in [2.24, 2.45) is 0 Å². The topological polar surface area (TPSA) is 43.3 Å². The molecule has 1 atom stereocenters. The summed E-state index contributed by atoms with van der Waals surface area (Å²) in [5.74, 6) is 1.36. The van der Waals surface area contributed by atoms with E-state index < -0.39 is 0 Å². The van der Waals surface area contributed by atoms with Crippen LogP contribution in [-0.2, 0) is 11.3 Å². The zero-order chi connectivity index (χ0) is 20.1. The molecule has 1 N–H and O–H groups in total. The molecule has 1 heterocycles. The van der Waals surface area contributed by atoms with Gasteiger partial charge in [-0.1, -0.05) is 23.7 Å². The van der Waals surface area contributed by atoms with Crippen molar-refractivity contribution >= 4 is 40.0 Å². The van der Waals surface area contributed by atoms with Crippen LogP contribution in [0, 0.1) is 0 Å². The van der Waals surface area contributed by atoms with Crippen LogP contribution in [0.25, 0.3) is 22.2 Å². The highest BCUT2D eigenvalue weighted by Crippen LogP contribution is 2.32. The molecule has 0 saturated carbocycles. The molecule has 0 aliphatic rings. The summed E-state index contributed by atoms with van der Waals surface area (Å²) >= 11 is 11.9. The van der Waals surface area contributed by atoms with Crippen LogP contribution in [0.2, 0.25) is 5.02 Å². The van der Waals surface area contributed by atoms with Gasteiger partial charge >= 0.3 is 0 Å². The van der Waals surface area contributed by atoms with Crippen LogP contribution in [0.1, 0.15) is 20.3 Å². The molecule has 6 heteroatoms. The Labute approximate surface area is 175 Å². The summed E-state index contributed by atoms with van der Waals surface area (Å²) in [6.07, 6.45) is 0.808. The van der Waals surface area contributed by atoms with Crippen molar-refractivity contribution in [3.63, 3.8) is 0 Å². The van der Waals surface area contributed by atoms with Crippen molar-refractivity contribution in [3.05, 3.63) is 53.6 Å². The maximum atomic E-state index is 11.5. The Hall–Kier alpha value is -2.17. The van der Waals surface area contributed by atoms with E-state index in [1.807, 2.05) is 43.3 Å². The molecular weight excluding hydrogens is 395 g/mol. The standard InChI is InChI=1S/C22H24Cl2N2O2/c1-15(25-16(2)27)14-26-21-8-7-20(28-10-4-9-23)12-18(21)13-22(26)17-5-3-6-19(24)11-17/h3,5-8,11-13,15H,4,9-10,14H2,1-2H3,(H,25,27). The van der Waals surface area contributed by atoms with Crippen LogP contribution in [-0.4, -0.2) is 29.0 Å². The van der Waals surface area contributed by atoms with Gasteiger partial charge in [-0.05, 0) is 55.3 Å². The number of nitrogens with one attached hydrogen (secondary N) is 1. The van der Waals surface area contributed by atoms with Crippen molar-refractivity contribution in [2.45, 2.75) is 32.9 Å².